The molecule has 0 amide bonds. The zero-order valence-corrected chi connectivity index (χ0v) is 12.4. The molecule has 18 heavy (non-hydrogen) atoms. The second-order valence-electron chi connectivity index (χ2n) is 5.14. The molecule has 2 rings (SSSR count). The van der Waals surface area contributed by atoms with E-state index in [1.165, 1.54) is 16.7 Å². The standard InChI is InChI=1S/C14H21NO.C2H6/c1-10(2)11-4-5-12-7-14(9-16)15(3)8-13(12)6-11;1-2/h4-6,10,14,16H,7-9H2,1-3H3;1-2H3. The van der Waals surface area contributed by atoms with Crippen molar-refractivity contribution in [3.8, 4) is 0 Å². The highest BCUT2D eigenvalue weighted by Crippen LogP contribution is 2.25. The van der Waals surface area contributed by atoms with E-state index in [-0.39, 0.29) is 12.6 Å². The lowest BCUT2D eigenvalue weighted by Crippen LogP contribution is -2.39. The first kappa shape index (κ1) is 15.2. The summed E-state index contributed by atoms with van der Waals surface area (Å²) in [6.45, 7) is 9.67. The first-order valence-corrected chi connectivity index (χ1v) is 7.04. The quantitative estimate of drug-likeness (QED) is 0.870. The largest absolute Gasteiger partial charge is 0.395 e. The van der Waals surface area contributed by atoms with Crippen molar-refractivity contribution < 1.29 is 5.11 Å². The monoisotopic (exact) mass is 249 g/mol. The van der Waals surface area contributed by atoms with Gasteiger partial charge >= 0.3 is 0 Å². The lowest BCUT2D eigenvalue weighted by Gasteiger charge is -2.33. The first-order chi connectivity index (χ1) is 8.61. The maximum Gasteiger partial charge on any atom is 0.0590 e. The van der Waals surface area contributed by atoms with Gasteiger partial charge in [-0.2, -0.15) is 0 Å². The SMILES string of the molecule is CC.CC(C)c1ccc2c(c1)CN(C)C(CO)C2. The van der Waals surface area contributed by atoms with Gasteiger partial charge in [0.2, 0.25) is 0 Å². The van der Waals surface area contributed by atoms with Gasteiger partial charge in [-0.25, -0.2) is 0 Å². The Morgan fingerprint density at radius 2 is 1.94 bits per heavy atom. The van der Waals surface area contributed by atoms with E-state index in [1.807, 2.05) is 13.8 Å². The van der Waals surface area contributed by atoms with E-state index < -0.39 is 0 Å². The minimum absolute atomic E-state index is 0.252. The number of aliphatic hydroxyl groups is 1. The van der Waals surface area contributed by atoms with Crippen LogP contribution in [0, 0.1) is 0 Å². The van der Waals surface area contributed by atoms with E-state index >= 15 is 0 Å². The van der Waals surface area contributed by atoms with Crippen molar-refractivity contribution >= 4 is 0 Å². The van der Waals surface area contributed by atoms with Gasteiger partial charge in [-0.15, -0.1) is 0 Å². The second-order valence-corrected chi connectivity index (χ2v) is 5.14. The van der Waals surface area contributed by atoms with Crippen molar-refractivity contribution in [3.63, 3.8) is 0 Å². The van der Waals surface area contributed by atoms with Crippen LogP contribution in [0.1, 0.15) is 50.3 Å². The first-order valence-electron chi connectivity index (χ1n) is 7.04. The van der Waals surface area contributed by atoms with Gasteiger partial charge < -0.3 is 5.11 Å². The summed E-state index contributed by atoms with van der Waals surface area (Å²) in [5.41, 5.74) is 4.24. The highest BCUT2D eigenvalue weighted by molar-refractivity contribution is 5.35. The molecule has 1 unspecified atom stereocenters. The molecule has 0 spiro atoms. The molecule has 1 aliphatic heterocycles. The van der Waals surface area contributed by atoms with Crippen LogP contribution in [0.25, 0.3) is 0 Å². The van der Waals surface area contributed by atoms with Gasteiger partial charge in [0.1, 0.15) is 0 Å². The highest BCUT2D eigenvalue weighted by atomic mass is 16.3. The van der Waals surface area contributed by atoms with E-state index in [2.05, 4.69) is 44.0 Å². The minimum Gasteiger partial charge on any atom is -0.395 e. The maximum atomic E-state index is 9.29. The lowest BCUT2D eigenvalue weighted by atomic mass is 9.91. The summed E-state index contributed by atoms with van der Waals surface area (Å²) in [7, 11) is 2.09. The predicted octanol–water partition coefficient (Wildman–Crippen LogP) is 3.19. The van der Waals surface area contributed by atoms with Gasteiger partial charge in [-0.05, 0) is 36.1 Å². The fraction of sp³-hybridized carbons (Fsp3) is 0.625. The molecule has 0 saturated carbocycles. The molecule has 102 valence electrons. The van der Waals surface area contributed by atoms with Crippen LogP contribution in [0.5, 0.6) is 0 Å². The molecular formula is C16H27NO. The molecule has 0 radical (unpaired) electrons. The van der Waals surface area contributed by atoms with E-state index in [4.69, 9.17) is 0 Å². The van der Waals surface area contributed by atoms with Crippen molar-refractivity contribution in [2.45, 2.75) is 52.6 Å². The van der Waals surface area contributed by atoms with Crippen molar-refractivity contribution in [1.82, 2.24) is 4.90 Å². The van der Waals surface area contributed by atoms with Gasteiger partial charge in [0, 0.05) is 12.6 Å². The Labute approximate surface area is 112 Å². The summed E-state index contributed by atoms with van der Waals surface area (Å²) < 4.78 is 0. The third kappa shape index (κ3) is 3.33. The summed E-state index contributed by atoms with van der Waals surface area (Å²) in [6, 6.07) is 7.07. The van der Waals surface area contributed by atoms with Crippen LogP contribution >= 0.6 is 0 Å². The van der Waals surface area contributed by atoms with E-state index in [1.54, 1.807) is 0 Å². The lowest BCUT2D eigenvalue weighted by molar-refractivity contribution is 0.131. The third-order valence-electron chi connectivity index (χ3n) is 3.61. The van der Waals surface area contributed by atoms with Crippen LogP contribution in [0.2, 0.25) is 0 Å². The van der Waals surface area contributed by atoms with Crippen molar-refractivity contribution in [2.24, 2.45) is 0 Å². The Morgan fingerprint density at radius 3 is 2.50 bits per heavy atom. The molecule has 0 aliphatic carbocycles. The Morgan fingerprint density at radius 1 is 1.28 bits per heavy atom. The Balaban J connectivity index is 0.000000771. The number of hydrogen-bond acceptors (Lipinski definition) is 2. The summed E-state index contributed by atoms with van der Waals surface area (Å²) in [5, 5.41) is 9.29. The maximum absolute atomic E-state index is 9.29. The molecule has 0 saturated heterocycles. The summed E-state index contributed by atoms with van der Waals surface area (Å²) in [6.07, 6.45) is 0.973. The summed E-state index contributed by atoms with van der Waals surface area (Å²) >= 11 is 0. The average molecular weight is 249 g/mol. The van der Waals surface area contributed by atoms with Crippen LogP contribution < -0.4 is 0 Å². The number of nitrogens with zero attached hydrogens (tertiary/aromatic N) is 1. The fourth-order valence-electron chi connectivity index (χ4n) is 2.36. The Bertz CT molecular complexity index is 373. The number of likely N-dealkylation sites (N-methyl/N-ethyl adjacent to an activating group) is 1. The summed E-state index contributed by atoms with van der Waals surface area (Å²) in [4.78, 5) is 2.24. The van der Waals surface area contributed by atoms with E-state index in [0.29, 0.717) is 5.92 Å². The molecule has 0 fully saturated rings. The third-order valence-corrected chi connectivity index (χ3v) is 3.61. The van der Waals surface area contributed by atoms with Gasteiger partial charge in [0.05, 0.1) is 6.61 Å². The molecule has 0 bridgehead atoms. The smallest absolute Gasteiger partial charge is 0.0590 e. The van der Waals surface area contributed by atoms with Crippen LogP contribution in [-0.2, 0) is 13.0 Å². The topological polar surface area (TPSA) is 23.5 Å². The zero-order valence-electron chi connectivity index (χ0n) is 12.4. The fourth-order valence-corrected chi connectivity index (χ4v) is 2.36. The molecule has 1 aromatic rings. The number of fused-ring (bicyclic) bond motifs is 1. The van der Waals surface area contributed by atoms with Crippen molar-refractivity contribution in [1.29, 1.82) is 0 Å². The zero-order chi connectivity index (χ0) is 13.7. The molecule has 0 aromatic heterocycles. The molecule has 2 nitrogen and oxygen atoms in total. The van der Waals surface area contributed by atoms with E-state index in [9.17, 15) is 5.11 Å². The van der Waals surface area contributed by atoms with Gasteiger partial charge in [0.25, 0.3) is 0 Å². The van der Waals surface area contributed by atoms with Crippen LogP contribution in [-0.4, -0.2) is 29.7 Å². The number of rotatable bonds is 2. The normalized spacial score (nSPS) is 19.2. The van der Waals surface area contributed by atoms with Gasteiger partial charge in [0.15, 0.2) is 0 Å². The number of benzene rings is 1. The Kier molecular flexibility index (Phi) is 5.83. The van der Waals surface area contributed by atoms with Crippen LogP contribution in [0.4, 0.5) is 0 Å². The van der Waals surface area contributed by atoms with Crippen molar-refractivity contribution in [2.75, 3.05) is 13.7 Å². The van der Waals surface area contributed by atoms with E-state index in [0.717, 1.165) is 13.0 Å². The van der Waals surface area contributed by atoms with Gasteiger partial charge in [-0.3, -0.25) is 4.90 Å². The molecule has 1 aliphatic rings. The Hall–Kier alpha value is -0.860. The molecule has 1 aromatic carbocycles. The molecule has 2 heteroatoms. The second kappa shape index (κ2) is 6.91. The highest BCUT2D eigenvalue weighted by Gasteiger charge is 2.22. The molecular weight excluding hydrogens is 222 g/mol. The van der Waals surface area contributed by atoms with Gasteiger partial charge in [-0.1, -0.05) is 45.9 Å². The minimum atomic E-state index is 0.252. The number of aliphatic hydroxyl groups excluding tert-OH is 1. The molecule has 1 atom stereocenters. The predicted molar refractivity (Wildman–Crippen MR) is 77.9 cm³/mol. The molecule has 1 N–H and O–H groups in total. The van der Waals surface area contributed by atoms with Crippen molar-refractivity contribution in [3.05, 3.63) is 34.9 Å². The molecule has 1 heterocycles. The summed E-state index contributed by atoms with van der Waals surface area (Å²) in [5.74, 6) is 0.589. The average Bonchev–Trinajstić information content (AvgIpc) is 2.39. The number of hydrogen-bond donors (Lipinski definition) is 1. The van der Waals surface area contributed by atoms with Crippen LogP contribution in [0.15, 0.2) is 18.2 Å². The van der Waals surface area contributed by atoms with Crippen LogP contribution in [0.3, 0.4) is 0 Å².